The zero-order valence-electron chi connectivity index (χ0n) is 14.2. The van der Waals surface area contributed by atoms with Crippen LogP contribution in [-0.2, 0) is 17.1 Å². The summed E-state index contributed by atoms with van der Waals surface area (Å²) in [6.45, 7) is 0. The van der Waals surface area contributed by atoms with Crippen molar-refractivity contribution in [3.8, 4) is 0 Å². The van der Waals surface area contributed by atoms with Crippen LogP contribution in [0, 0.1) is 48.5 Å². The fourth-order valence-electron chi connectivity index (χ4n) is 2.94. The maximum Gasteiger partial charge on any atom is 0.315 e. The molecule has 4 rings (SSSR count). The van der Waals surface area contributed by atoms with Crippen molar-refractivity contribution in [3.05, 3.63) is 66.2 Å². The van der Waals surface area contributed by atoms with E-state index >= 15 is 0 Å². The van der Waals surface area contributed by atoms with Gasteiger partial charge in [0.2, 0.25) is 0 Å². The number of thioether (sulfide) groups is 1. The summed E-state index contributed by atoms with van der Waals surface area (Å²) in [4.78, 5) is 11.3. The van der Waals surface area contributed by atoms with E-state index in [1.54, 1.807) is 6.07 Å². The summed E-state index contributed by atoms with van der Waals surface area (Å²) >= 11 is 1.98. The van der Waals surface area contributed by atoms with Gasteiger partial charge in [0, 0.05) is 28.1 Å². The molecule has 3 atom stereocenters. The quantitative estimate of drug-likeness (QED) is 0.338. The number of nitrogens with one attached hydrogen (secondary N) is 2. The molecule has 2 saturated heterocycles. The van der Waals surface area contributed by atoms with Crippen LogP contribution in [0.1, 0.15) is 31.2 Å². The molecule has 0 spiro atoms. The molecule has 142 valence electrons. The molecule has 2 aromatic rings. The first-order valence-corrected chi connectivity index (χ1v) is 9.45. The Kier molecular flexibility index (Phi) is 9.10. The molecule has 3 nitrogen and oxygen atoms in total. The Morgan fingerprint density at radius 2 is 1.92 bits per heavy atom. The predicted molar refractivity (Wildman–Crippen MR) is 97.7 cm³/mol. The van der Waals surface area contributed by atoms with Gasteiger partial charge >= 0.3 is 6.03 Å². The molecule has 0 saturated carbocycles. The minimum atomic E-state index is 0. The molecule has 2 amide bonds. The zero-order valence-corrected chi connectivity index (χ0v) is 16.1. The first kappa shape index (κ1) is 20.9. The number of carbonyl (C=O) groups is 1. The first-order valence-electron chi connectivity index (χ1n) is 8.40. The molecule has 0 radical (unpaired) electrons. The smallest absolute Gasteiger partial charge is 0.315 e. The van der Waals surface area contributed by atoms with E-state index in [0.717, 1.165) is 17.7 Å². The van der Waals surface area contributed by atoms with E-state index in [0.29, 0.717) is 17.3 Å². The van der Waals surface area contributed by atoms with Crippen LogP contribution in [0.15, 0.2) is 12.1 Å². The largest absolute Gasteiger partial charge is 0.999 e. The molecule has 2 aliphatic rings. The summed E-state index contributed by atoms with van der Waals surface area (Å²) in [6, 6.07) is 24.0. The number of allylic oxidation sites excluding steroid dienone is 1. The van der Waals surface area contributed by atoms with Crippen molar-refractivity contribution >= 4 is 23.9 Å². The van der Waals surface area contributed by atoms with Crippen LogP contribution in [0.5, 0.6) is 0 Å². The van der Waals surface area contributed by atoms with Crippen molar-refractivity contribution in [2.24, 2.45) is 0 Å². The Labute approximate surface area is 171 Å². The summed E-state index contributed by atoms with van der Waals surface area (Å²) in [5.74, 6) is 1.05. The van der Waals surface area contributed by atoms with E-state index in [1.807, 2.05) is 17.8 Å². The van der Waals surface area contributed by atoms with Crippen molar-refractivity contribution in [3.63, 3.8) is 0 Å². The zero-order chi connectivity index (χ0) is 17.3. The van der Waals surface area contributed by atoms with E-state index in [1.165, 1.54) is 19.3 Å². The van der Waals surface area contributed by atoms with Crippen LogP contribution in [0.3, 0.4) is 0 Å². The van der Waals surface area contributed by atoms with Crippen molar-refractivity contribution < 1.29 is 21.9 Å². The molecule has 0 aliphatic carbocycles. The molecule has 2 aromatic carbocycles. The average molecular weight is 402 g/mol. The molecular weight excluding hydrogens is 384 g/mol. The Morgan fingerprint density at radius 3 is 2.62 bits per heavy atom. The Balaban J connectivity index is 0.000000351. The molecular formula is C21H18FeN2OS-10. The van der Waals surface area contributed by atoms with Gasteiger partial charge in [0.05, 0.1) is 12.1 Å². The van der Waals surface area contributed by atoms with Crippen molar-refractivity contribution in [2.45, 2.75) is 43.0 Å². The van der Waals surface area contributed by atoms with Gasteiger partial charge < -0.3 is 82.9 Å². The minimum absolute atomic E-state index is 0. The maximum atomic E-state index is 11.3. The fourth-order valence-corrected chi connectivity index (χ4v) is 4.49. The summed E-state index contributed by atoms with van der Waals surface area (Å²) in [7, 11) is 0. The predicted octanol–water partition coefficient (Wildman–Crippen LogP) is 2.95. The molecule has 2 fully saturated rings. The minimum Gasteiger partial charge on any atom is -0.999 e. The SMILES string of the molecule is O=C1N[C@H]2[C@H](CS[C@H]2CCCC/C=C\[c-]2[c-][c-][c-][c-]2)N1.[Fe].[c-]1[c-][c-][cH-][c-]1. The monoisotopic (exact) mass is 402 g/mol. The van der Waals surface area contributed by atoms with E-state index in [-0.39, 0.29) is 23.1 Å². The van der Waals surface area contributed by atoms with Gasteiger partial charge in [-0.2, -0.15) is 18.2 Å². The number of hydrogen-bond donors (Lipinski definition) is 2. The van der Waals surface area contributed by atoms with Crippen LogP contribution in [0.25, 0.3) is 6.08 Å². The van der Waals surface area contributed by atoms with E-state index in [9.17, 15) is 4.79 Å². The Hall–Kier alpha value is -1.42. The van der Waals surface area contributed by atoms with Crippen molar-refractivity contribution in [1.82, 2.24) is 10.6 Å². The van der Waals surface area contributed by atoms with Crippen LogP contribution in [-0.4, -0.2) is 29.1 Å². The van der Waals surface area contributed by atoms with Gasteiger partial charge in [0.25, 0.3) is 0 Å². The molecule has 0 unspecified atom stereocenters. The van der Waals surface area contributed by atoms with E-state index in [2.05, 4.69) is 65.2 Å². The Morgan fingerprint density at radius 1 is 1.15 bits per heavy atom. The number of fused-ring (bicyclic) bond motifs is 1. The van der Waals surface area contributed by atoms with Gasteiger partial charge in [-0.3, -0.25) is 0 Å². The number of unbranched alkanes of at least 4 members (excludes halogenated alkanes) is 2. The van der Waals surface area contributed by atoms with Crippen LogP contribution in [0.4, 0.5) is 4.79 Å². The number of carbonyl (C=O) groups excluding carboxylic acids is 1. The number of urea groups is 1. The second kappa shape index (κ2) is 11.3. The number of rotatable bonds is 6. The Bertz CT molecular complexity index is 622. The number of hydrogen-bond acceptors (Lipinski definition) is 2. The van der Waals surface area contributed by atoms with Crippen LogP contribution in [0.2, 0.25) is 0 Å². The third-order valence-corrected chi connectivity index (χ3v) is 5.65. The molecule has 2 N–H and O–H groups in total. The second-order valence-corrected chi connectivity index (χ2v) is 7.18. The maximum absolute atomic E-state index is 11.3. The second-order valence-electron chi connectivity index (χ2n) is 5.91. The van der Waals surface area contributed by atoms with Crippen molar-refractivity contribution in [1.29, 1.82) is 0 Å². The fraction of sp³-hybridized carbons (Fsp3) is 0.381. The summed E-state index contributed by atoms with van der Waals surface area (Å²) in [5.41, 5.74) is 0.930. The van der Waals surface area contributed by atoms with Crippen LogP contribution < -0.4 is 10.6 Å². The summed E-state index contributed by atoms with van der Waals surface area (Å²) in [6.07, 6.45) is 8.82. The average Bonchev–Trinajstić information content (AvgIpc) is 3.37. The van der Waals surface area contributed by atoms with Gasteiger partial charge in [-0.25, -0.2) is 4.79 Å². The molecule has 0 bridgehead atoms. The third kappa shape index (κ3) is 6.39. The molecule has 26 heavy (non-hydrogen) atoms. The van der Waals surface area contributed by atoms with Crippen molar-refractivity contribution in [2.75, 3.05) is 5.75 Å². The van der Waals surface area contributed by atoms with E-state index < -0.39 is 0 Å². The molecule has 2 aliphatic heterocycles. The van der Waals surface area contributed by atoms with Gasteiger partial charge in [0.1, 0.15) is 0 Å². The standard InChI is InChI=1S/C16H17N2OS.C5H.Fe/c19-16-17-13-11-20-14(15(13)18-16)10-4-2-1-3-7-12-8-5-6-9-12;1-2-4-5-3-1;/h3,7,13-15H,1-2,4,10-11H2,(H2,17,18,19);1H;/q2*-5;/b7-3-;;/t13-,14-,15-;;/m0../s1. The topological polar surface area (TPSA) is 41.1 Å². The van der Waals surface area contributed by atoms with E-state index in [4.69, 9.17) is 0 Å². The first-order chi connectivity index (χ1) is 12.3. The summed E-state index contributed by atoms with van der Waals surface area (Å²) < 4.78 is 0. The molecule has 2 heterocycles. The van der Waals surface area contributed by atoms with Gasteiger partial charge in [-0.05, 0) is 6.42 Å². The van der Waals surface area contributed by atoms with Gasteiger partial charge in [0.15, 0.2) is 0 Å². The van der Waals surface area contributed by atoms with Gasteiger partial charge in [-0.15, -0.1) is 0 Å². The third-order valence-electron chi connectivity index (χ3n) is 4.14. The molecule has 0 aromatic heterocycles. The number of amides is 2. The summed E-state index contributed by atoms with van der Waals surface area (Å²) in [5, 5.41) is 6.59. The normalized spacial score (nSPS) is 23.5. The molecule has 5 heteroatoms. The van der Waals surface area contributed by atoms with Crippen LogP contribution >= 0.6 is 11.8 Å². The van der Waals surface area contributed by atoms with Gasteiger partial charge in [-0.1, -0.05) is 12.8 Å².